The van der Waals surface area contributed by atoms with Crippen LogP contribution in [0.4, 0.5) is 8.78 Å². The molecule has 0 amide bonds. The van der Waals surface area contributed by atoms with Crippen LogP contribution in [-0.2, 0) is 0 Å². The van der Waals surface area contributed by atoms with Crippen molar-refractivity contribution in [2.24, 2.45) is 28.6 Å². The zero-order valence-corrected chi connectivity index (χ0v) is 19.5. The lowest BCUT2D eigenvalue weighted by atomic mass is 9.50. The molecule has 1 aliphatic rings. The summed E-state index contributed by atoms with van der Waals surface area (Å²) >= 11 is 0. The van der Waals surface area contributed by atoms with Gasteiger partial charge in [-0.05, 0) is 56.5 Å². The van der Waals surface area contributed by atoms with Crippen LogP contribution in [0.1, 0.15) is 61.3 Å². The summed E-state index contributed by atoms with van der Waals surface area (Å²) in [7, 11) is 2.12. The van der Waals surface area contributed by atoms with Crippen molar-refractivity contribution >= 4 is 0 Å². The van der Waals surface area contributed by atoms with Crippen LogP contribution in [-0.4, -0.2) is 43.9 Å². The van der Waals surface area contributed by atoms with Crippen molar-refractivity contribution in [1.29, 1.82) is 0 Å². The van der Waals surface area contributed by atoms with Crippen LogP contribution in [0.5, 0.6) is 0 Å². The Balaban J connectivity index is 2.79. The molecule has 0 aromatic heterocycles. The minimum absolute atomic E-state index is 0.00839. The molecule has 6 unspecified atom stereocenters. The van der Waals surface area contributed by atoms with Crippen molar-refractivity contribution in [3.63, 3.8) is 0 Å². The molecule has 0 saturated carbocycles. The largest absolute Gasteiger partial charge is 0.387 e. The van der Waals surface area contributed by atoms with Crippen LogP contribution in [0.3, 0.4) is 0 Å². The van der Waals surface area contributed by atoms with E-state index in [1.54, 1.807) is 0 Å². The molecule has 0 radical (unpaired) electrons. The Morgan fingerprint density at radius 3 is 2.14 bits per heavy atom. The number of nitrogens with one attached hydrogen (secondary N) is 1. The predicted molar refractivity (Wildman–Crippen MR) is 118 cm³/mol. The van der Waals surface area contributed by atoms with Gasteiger partial charge in [0.25, 0.3) is 0 Å². The highest BCUT2D eigenvalue weighted by Crippen LogP contribution is 2.56. The molecule has 1 rings (SSSR count). The SMILES string of the molecule is C=C(CN(C)CCC)NCC1(C(C)C(C)CC(C)C(F)C(C)F)C=CC1(C)C. The van der Waals surface area contributed by atoms with E-state index < -0.39 is 12.3 Å². The minimum atomic E-state index is -1.41. The number of hydrogen-bond acceptors (Lipinski definition) is 2. The zero-order valence-electron chi connectivity index (χ0n) is 19.5. The standard InChI is InChI=1S/C24H44F2N2/c1-10-13-28(9)15-19(4)27-16-24(12-11-23(24,7)8)20(5)17(2)14-18(3)22(26)21(6)25/h11-12,17-18,20-22,27H,4,10,13-16H2,1-3,5-9H3. The molecule has 4 heteroatoms. The first-order valence-corrected chi connectivity index (χ1v) is 11.0. The van der Waals surface area contributed by atoms with E-state index in [0.717, 1.165) is 31.8 Å². The second-order valence-electron chi connectivity index (χ2n) is 9.89. The first kappa shape index (κ1) is 25.1. The first-order chi connectivity index (χ1) is 12.9. The Kier molecular flexibility index (Phi) is 9.18. The van der Waals surface area contributed by atoms with Crippen molar-refractivity contribution < 1.29 is 8.78 Å². The van der Waals surface area contributed by atoms with E-state index in [-0.39, 0.29) is 16.7 Å². The molecule has 6 atom stereocenters. The number of nitrogens with zero attached hydrogens (tertiary/aromatic N) is 1. The van der Waals surface area contributed by atoms with E-state index in [0.29, 0.717) is 18.3 Å². The molecule has 1 aliphatic carbocycles. The van der Waals surface area contributed by atoms with E-state index in [9.17, 15) is 8.78 Å². The summed E-state index contributed by atoms with van der Waals surface area (Å²) in [5, 5.41) is 3.58. The van der Waals surface area contributed by atoms with Crippen molar-refractivity contribution in [2.75, 3.05) is 26.7 Å². The van der Waals surface area contributed by atoms with E-state index in [4.69, 9.17) is 0 Å². The van der Waals surface area contributed by atoms with Gasteiger partial charge in [-0.25, -0.2) is 8.78 Å². The Morgan fingerprint density at radius 2 is 1.71 bits per heavy atom. The molecule has 0 spiro atoms. The molecule has 0 aromatic carbocycles. The molecule has 0 heterocycles. The molecule has 0 bridgehead atoms. The smallest absolute Gasteiger partial charge is 0.133 e. The second kappa shape index (κ2) is 10.2. The monoisotopic (exact) mass is 398 g/mol. The van der Waals surface area contributed by atoms with Gasteiger partial charge in [-0.15, -0.1) is 0 Å². The number of alkyl halides is 2. The summed E-state index contributed by atoms with van der Waals surface area (Å²) in [6.45, 7) is 21.3. The van der Waals surface area contributed by atoms with Gasteiger partial charge in [0, 0.05) is 24.2 Å². The Bertz CT molecular complexity index is 529. The summed E-state index contributed by atoms with van der Waals surface area (Å²) in [5.41, 5.74) is 1.09. The fourth-order valence-corrected chi connectivity index (χ4v) is 4.81. The average Bonchev–Trinajstić information content (AvgIpc) is 2.60. The zero-order chi connectivity index (χ0) is 21.7. The number of rotatable bonds is 13. The number of hydrogen-bond donors (Lipinski definition) is 1. The topological polar surface area (TPSA) is 15.3 Å². The highest BCUT2D eigenvalue weighted by molar-refractivity contribution is 5.27. The fraction of sp³-hybridized carbons (Fsp3) is 0.833. The van der Waals surface area contributed by atoms with E-state index in [1.807, 2.05) is 6.92 Å². The molecule has 0 saturated heterocycles. The normalized spacial score (nSPS) is 26.2. The average molecular weight is 399 g/mol. The fourth-order valence-electron chi connectivity index (χ4n) is 4.81. The summed E-state index contributed by atoms with van der Waals surface area (Å²) in [6, 6.07) is 0. The predicted octanol–water partition coefficient (Wildman–Crippen LogP) is 6.01. The van der Waals surface area contributed by atoms with Crippen molar-refractivity contribution in [3.8, 4) is 0 Å². The quantitative estimate of drug-likeness (QED) is 0.382. The van der Waals surface area contributed by atoms with Crippen LogP contribution in [0.25, 0.3) is 0 Å². The highest BCUT2D eigenvalue weighted by Gasteiger charge is 2.52. The molecular formula is C24H44F2N2. The van der Waals surface area contributed by atoms with Crippen LogP contribution in [0.15, 0.2) is 24.4 Å². The molecule has 0 aromatic rings. The Labute approximate surface area is 172 Å². The summed E-state index contributed by atoms with van der Waals surface area (Å²) < 4.78 is 27.5. The number of halogens is 2. The molecule has 28 heavy (non-hydrogen) atoms. The van der Waals surface area contributed by atoms with Crippen LogP contribution < -0.4 is 5.32 Å². The second-order valence-corrected chi connectivity index (χ2v) is 9.89. The summed E-state index contributed by atoms with van der Waals surface area (Å²) in [4.78, 5) is 2.27. The van der Waals surface area contributed by atoms with E-state index in [2.05, 4.69) is 70.6 Å². The van der Waals surface area contributed by atoms with Gasteiger partial charge >= 0.3 is 0 Å². The van der Waals surface area contributed by atoms with Gasteiger partial charge in [0.05, 0.1) is 0 Å². The molecule has 0 aliphatic heterocycles. The van der Waals surface area contributed by atoms with Gasteiger partial charge in [0.15, 0.2) is 0 Å². The third-order valence-electron chi connectivity index (χ3n) is 7.09. The summed E-state index contributed by atoms with van der Waals surface area (Å²) in [5.74, 6) is 0.382. The molecular weight excluding hydrogens is 354 g/mol. The lowest BCUT2D eigenvalue weighted by molar-refractivity contribution is 0.0248. The van der Waals surface area contributed by atoms with Gasteiger partial charge in [-0.1, -0.05) is 60.3 Å². The van der Waals surface area contributed by atoms with E-state index >= 15 is 0 Å². The van der Waals surface area contributed by atoms with Gasteiger partial charge in [-0.3, -0.25) is 0 Å². The van der Waals surface area contributed by atoms with E-state index in [1.165, 1.54) is 6.92 Å². The maximum Gasteiger partial charge on any atom is 0.133 e. The van der Waals surface area contributed by atoms with Crippen LogP contribution in [0.2, 0.25) is 0 Å². The highest BCUT2D eigenvalue weighted by atomic mass is 19.2. The molecule has 164 valence electrons. The lowest BCUT2D eigenvalue weighted by Crippen LogP contribution is -2.54. The van der Waals surface area contributed by atoms with Gasteiger partial charge in [0.1, 0.15) is 12.3 Å². The molecule has 0 fully saturated rings. The van der Waals surface area contributed by atoms with Crippen molar-refractivity contribution in [2.45, 2.75) is 73.7 Å². The maximum atomic E-state index is 14.1. The third kappa shape index (κ3) is 5.81. The van der Waals surface area contributed by atoms with Gasteiger partial charge in [-0.2, -0.15) is 0 Å². The first-order valence-electron chi connectivity index (χ1n) is 11.0. The van der Waals surface area contributed by atoms with Gasteiger partial charge < -0.3 is 10.2 Å². The molecule has 2 nitrogen and oxygen atoms in total. The van der Waals surface area contributed by atoms with Crippen molar-refractivity contribution in [3.05, 3.63) is 24.4 Å². The molecule has 1 N–H and O–H groups in total. The summed E-state index contributed by atoms with van der Waals surface area (Å²) in [6.07, 6.45) is 3.62. The minimum Gasteiger partial charge on any atom is -0.387 e. The Hall–Kier alpha value is -0.900. The maximum absolute atomic E-state index is 14.1. The van der Waals surface area contributed by atoms with Crippen LogP contribution >= 0.6 is 0 Å². The lowest BCUT2D eigenvalue weighted by Gasteiger charge is -2.56. The number of likely N-dealkylation sites (N-methyl/N-ethyl adjacent to an activating group) is 1. The van der Waals surface area contributed by atoms with Crippen molar-refractivity contribution in [1.82, 2.24) is 10.2 Å². The Morgan fingerprint density at radius 1 is 1.11 bits per heavy atom. The third-order valence-corrected chi connectivity index (χ3v) is 7.09. The van der Waals surface area contributed by atoms with Gasteiger partial charge in [0.2, 0.25) is 0 Å². The van der Waals surface area contributed by atoms with Crippen LogP contribution in [0, 0.1) is 28.6 Å². The number of allylic oxidation sites excluding steroid dienone is 1.